The van der Waals surface area contributed by atoms with Gasteiger partial charge in [0.1, 0.15) is 0 Å². The van der Waals surface area contributed by atoms with Crippen molar-refractivity contribution in [3.05, 3.63) is 0 Å². The monoisotopic (exact) mass is 134 g/mol. The second-order valence-electron chi connectivity index (χ2n) is 2.29. The van der Waals surface area contributed by atoms with Crippen LogP contribution in [0.3, 0.4) is 0 Å². The van der Waals surface area contributed by atoms with Crippen molar-refractivity contribution in [1.82, 2.24) is 0 Å². The molecule has 1 saturated carbocycles. The summed E-state index contributed by atoms with van der Waals surface area (Å²) in [6.45, 7) is 0. The largest absolute Gasteiger partial charge is 0.412 e. The van der Waals surface area contributed by atoms with Crippen molar-refractivity contribution in [2.24, 2.45) is 0 Å². The highest BCUT2D eigenvalue weighted by atomic mass is 32.1. The molecule has 0 unspecified atom stereocenters. The lowest BCUT2D eigenvalue weighted by atomic mass is 10.0. The minimum Gasteiger partial charge on any atom is -0.412 e. The van der Waals surface area contributed by atoms with E-state index in [1.807, 2.05) is 0 Å². The fraction of sp³-hybridized carbons (Fsp3) is 1.00. The van der Waals surface area contributed by atoms with Crippen LogP contribution in [-0.4, -0.2) is 10.7 Å². The molecule has 0 radical (unpaired) electrons. The first-order valence-corrected chi connectivity index (χ1v) is 3.59. The Morgan fingerprint density at radius 1 is 1.00 bits per heavy atom. The van der Waals surface area contributed by atoms with E-state index in [1.54, 1.807) is 0 Å². The highest BCUT2D eigenvalue weighted by Gasteiger charge is 2.06. The summed E-state index contributed by atoms with van der Waals surface area (Å²) >= 11 is 4.36. The third kappa shape index (κ3) is 2.58. The normalized spacial score (nSPS) is 22.1. The summed E-state index contributed by atoms with van der Waals surface area (Å²) in [7, 11) is 0. The van der Waals surface area contributed by atoms with Gasteiger partial charge in [0, 0.05) is 5.25 Å². The molecule has 0 atom stereocenters. The summed E-state index contributed by atoms with van der Waals surface area (Å²) in [4.78, 5) is 0. The van der Waals surface area contributed by atoms with E-state index < -0.39 is 0 Å². The van der Waals surface area contributed by atoms with Crippen LogP contribution >= 0.6 is 12.6 Å². The van der Waals surface area contributed by atoms with E-state index >= 15 is 0 Å². The van der Waals surface area contributed by atoms with E-state index in [4.69, 9.17) is 0 Å². The molecule has 1 rings (SSSR count). The lowest BCUT2D eigenvalue weighted by molar-refractivity contribution is 0.518. The number of thiol groups is 1. The maximum Gasteiger partial charge on any atom is 0.00168 e. The summed E-state index contributed by atoms with van der Waals surface area (Å²) < 4.78 is 0. The molecule has 8 heavy (non-hydrogen) atoms. The van der Waals surface area contributed by atoms with Gasteiger partial charge in [0.25, 0.3) is 0 Å². The van der Waals surface area contributed by atoms with Crippen LogP contribution in [0, 0.1) is 0 Å². The van der Waals surface area contributed by atoms with Crippen molar-refractivity contribution in [3.8, 4) is 0 Å². The lowest BCUT2D eigenvalue weighted by Gasteiger charge is -2.14. The molecule has 0 saturated heterocycles. The van der Waals surface area contributed by atoms with Crippen molar-refractivity contribution >= 4 is 12.6 Å². The number of rotatable bonds is 0. The molecule has 2 N–H and O–H groups in total. The molecule has 0 aromatic heterocycles. The Bertz CT molecular complexity index is 50.5. The summed E-state index contributed by atoms with van der Waals surface area (Å²) in [5.41, 5.74) is 0. The third-order valence-corrected chi connectivity index (χ3v) is 2.09. The van der Waals surface area contributed by atoms with Gasteiger partial charge in [-0.2, -0.15) is 12.6 Å². The highest BCUT2D eigenvalue weighted by molar-refractivity contribution is 7.80. The SMILES string of the molecule is O.SC1CCCCC1. The molecule has 0 heterocycles. The molecule has 1 aliphatic rings. The van der Waals surface area contributed by atoms with E-state index in [-0.39, 0.29) is 5.48 Å². The molecule has 0 aromatic carbocycles. The van der Waals surface area contributed by atoms with Crippen LogP contribution in [0.1, 0.15) is 32.1 Å². The summed E-state index contributed by atoms with van der Waals surface area (Å²) in [5.74, 6) is 0. The fourth-order valence-corrected chi connectivity index (χ4v) is 1.45. The second-order valence-corrected chi connectivity index (χ2v) is 3.02. The second kappa shape index (κ2) is 4.21. The molecule has 0 amide bonds. The molecule has 0 aliphatic heterocycles. The predicted octanol–water partition coefficient (Wildman–Crippen LogP) is 1.42. The van der Waals surface area contributed by atoms with Crippen LogP contribution in [0.15, 0.2) is 0 Å². The lowest BCUT2D eigenvalue weighted by Crippen LogP contribution is -2.03. The highest BCUT2D eigenvalue weighted by Crippen LogP contribution is 2.20. The maximum absolute atomic E-state index is 4.36. The van der Waals surface area contributed by atoms with Gasteiger partial charge < -0.3 is 5.48 Å². The van der Waals surface area contributed by atoms with Crippen molar-refractivity contribution in [1.29, 1.82) is 0 Å². The average Bonchev–Trinajstić information content (AvgIpc) is 1.69. The molecular formula is C6H14OS. The van der Waals surface area contributed by atoms with Crippen molar-refractivity contribution in [2.45, 2.75) is 37.4 Å². The molecule has 0 aromatic rings. The first-order chi connectivity index (χ1) is 3.39. The first kappa shape index (κ1) is 8.31. The van der Waals surface area contributed by atoms with Crippen molar-refractivity contribution in [2.75, 3.05) is 0 Å². The van der Waals surface area contributed by atoms with Gasteiger partial charge in [-0.15, -0.1) is 0 Å². The van der Waals surface area contributed by atoms with E-state index in [0.717, 1.165) is 5.25 Å². The Kier molecular flexibility index (Phi) is 4.38. The summed E-state index contributed by atoms with van der Waals surface area (Å²) in [5, 5.41) is 0.730. The van der Waals surface area contributed by atoms with Crippen LogP contribution in [0.5, 0.6) is 0 Å². The average molecular weight is 134 g/mol. The Labute approximate surface area is 56.2 Å². The van der Waals surface area contributed by atoms with Gasteiger partial charge in [0.05, 0.1) is 0 Å². The Morgan fingerprint density at radius 2 is 1.50 bits per heavy atom. The van der Waals surface area contributed by atoms with Gasteiger partial charge in [0.2, 0.25) is 0 Å². The van der Waals surface area contributed by atoms with Gasteiger partial charge in [-0.25, -0.2) is 0 Å². The van der Waals surface area contributed by atoms with E-state index in [2.05, 4.69) is 12.6 Å². The molecule has 50 valence electrons. The van der Waals surface area contributed by atoms with E-state index in [0.29, 0.717) is 0 Å². The van der Waals surface area contributed by atoms with Gasteiger partial charge in [0.15, 0.2) is 0 Å². The van der Waals surface area contributed by atoms with Crippen LogP contribution in [0.25, 0.3) is 0 Å². The van der Waals surface area contributed by atoms with Gasteiger partial charge >= 0.3 is 0 Å². The van der Waals surface area contributed by atoms with E-state index in [9.17, 15) is 0 Å². The van der Waals surface area contributed by atoms with Gasteiger partial charge in [-0.1, -0.05) is 19.3 Å². The van der Waals surface area contributed by atoms with Crippen LogP contribution in [-0.2, 0) is 0 Å². The molecule has 0 bridgehead atoms. The minimum atomic E-state index is 0. The number of hydrogen-bond donors (Lipinski definition) is 1. The predicted molar refractivity (Wildman–Crippen MR) is 39.5 cm³/mol. The smallest absolute Gasteiger partial charge is 0.00168 e. The van der Waals surface area contributed by atoms with E-state index in [1.165, 1.54) is 32.1 Å². The molecule has 1 nitrogen and oxygen atoms in total. The van der Waals surface area contributed by atoms with Crippen LogP contribution in [0.2, 0.25) is 0 Å². The van der Waals surface area contributed by atoms with Gasteiger partial charge in [-0.05, 0) is 12.8 Å². The Hall–Kier alpha value is 0.310. The Balaban J connectivity index is 0.000000490. The van der Waals surface area contributed by atoms with Crippen LogP contribution < -0.4 is 0 Å². The molecular weight excluding hydrogens is 120 g/mol. The molecule has 1 fully saturated rings. The quantitative estimate of drug-likeness (QED) is 0.486. The zero-order valence-corrected chi connectivity index (χ0v) is 5.95. The minimum absolute atomic E-state index is 0. The van der Waals surface area contributed by atoms with Gasteiger partial charge in [-0.3, -0.25) is 0 Å². The standard InChI is InChI=1S/C6H12S.H2O/c7-6-4-2-1-3-5-6;/h6-7H,1-5H2;1H2. The zero-order chi connectivity index (χ0) is 5.11. The Morgan fingerprint density at radius 3 is 1.75 bits per heavy atom. The maximum atomic E-state index is 4.36. The summed E-state index contributed by atoms with van der Waals surface area (Å²) in [6.07, 6.45) is 6.96. The third-order valence-electron chi connectivity index (χ3n) is 1.57. The molecule has 2 heteroatoms. The van der Waals surface area contributed by atoms with Crippen molar-refractivity contribution < 1.29 is 5.48 Å². The van der Waals surface area contributed by atoms with Crippen LogP contribution in [0.4, 0.5) is 0 Å². The molecule has 0 spiro atoms. The summed E-state index contributed by atoms with van der Waals surface area (Å²) in [6, 6.07) is 0. The first-order valence-electron chi connectivity index (χ1n) is 3.07. The fourth-order valence-electron chi connectivity index (χ4n) is 1.08. The zero-order valence-electron chi connectivity index (χ0n) is 5.06. The molecule has 1 aliphatic carbocycles. The topological polar surface area (TPSA) is 31.5 Å². The van der Waals surface area contributed by atoms with Crippen molar-refractivity contribution in [3.63, 3.8) is 0 Å². The number of hydrogen-bond acceptors (Lipinski definition) is 1.